The molecule has 0 unspecified atom stereocenters. The van der Waals surface area contributed by atoms with Crippen LogP contribution in [0.15, 0.2) is 64.4 Å². The van der Waals surface area contributed by atoms with Gasteiger partial charge in [-0.25, -0.2) is 18.7 Å². The summed E-state index contributed by atoms with van der Waals surface area (Å²) in [5, 5.41) is 0. The Kier molecular flexibility index (Phi) is 4.99. The number of hydrogen-bond donors (Lipinski definition) is 0. The summed E-state index contributed by atoms with van der Waals surface area (Å²) in [7, 11) is 1.52. The van der Waals surface area contributed by atoms with Gasteiger partial charge in [-0.15, -0.1) is 0 Å². The minimum Gasteiger partial charge on any atom is -0.495 e. The molecule has 2 heterocycles. The number of hydrogen-bond acceptors (Lipinski definition) is 4. The number of imidazole rings is 1. The van der Waals surface area contributed by atoms with Gasteiger partial charge in [0.05, 0.1) is 19.1 Å². The molecule has 0 fully saturated rings. The van der Waals surface area contributed by atoms with E-state index in [9.17, 15) is 14.0 Å². The summed E-state index contributed by atoms with van der Waals surface area (Å²) in [4.78, 5) is 30.9. The zero-order chi connectivity index (χ0) is 21.4. The first-order valence-electron chi connectivity index (χ1n) is 9.52. The molecule has 0 amide bonds. The molecule has 0 N–H and O–H groups in total. The van der Waals surface area contributed by atoms with Crippen molar-refractivity contribution in [3.05, 3.63) is 87.1 Å². The first-order chi connectivity index (χ1) is 14.4. The molecule has 30 heavy (non-hydrogen) atoms. The van der Waals surface area contributed by atoms with E-state index in [4.69, 9.17) is 4.74 Å². The fourth-order valence-corrected chi connectivity index (χ4v) is 3.55. The fraction of sp³-hybridized carbons (Fsp3) is 0.227. The third-order valence-electron chi connectivity index (χ3n) is 4.96. The van der Waals surface area contributed by atoms with Crippen LogP contribution in [0.25, 0.3) is 16.9 Å². The van der Waals surface area contributed by atoms with Gasteiger partial charge < -0.3 is 9.30 Å². The lowest BCUT2D eigenvalue weighted by Crippen LogP contribution is -2.41. The number of methoxy groups -OCH3 is 1. The highest BCUT2D eigenvalue weighted by molar-refractivity contribution is 5.73. The fourth-order valence-electron chi connectivity index (χ4n) is 3.55. The number of fused-ring (bicyclic) bond motifs is 1. The predicted octanol–water partition coefficient (Wildman–Crippen LogP) is 3.13. The molecule has 2 aromatic carbocycles. The monoisotopic (exact) mass is 408 g/mol. The van der Waals surface area contributed by atoms with Crippen LogP contribution in [0.5, 0.6) is 5.75 Å². The standard InChI is InChI=1S/C22H21FN4O3/c1-14(2)26-21(28)19-20(24-13-25(19)12-15-8-10-16(23)11-9-15)27(22(26)29)17-6-4-5-7-18(17)30-3/h4-11,13-14H,12H2,1-3H3. The highest BCUT2D eigenvalue weighted by Crippen LogP contribution is 2.23. The van der Waals surface area contributed by atoms with Crippen LogP contribution in [-0.2, 0) is 6.54 Å². The Hall–Kier alpha value is -3.68. The number of ether oxygens (including phenoxy) is 1. The van der Waals surface area contributed by atoms with E-state index >= 15 is 0 Å². The SMILES string of the molecule is COc1ccccc1-n1c(=O)n(C(C)C)c(=O)c2c1ncn2Cc1ccc(F)cc1. The Balaban J connectivity index is 2.03. The number of benzene rings is 2. The third kappa shape index (κ3) is 3.20. The van der Waals surface area contributed by atoms with Crippen LogP contribution < -0.4 is 16.0 Å². The summed E-state index contributed by atoms with van der Waals surface area (Å²) in [6.07, 6.45) is 1.52. The maximum atomic E-state index is 13.3. The summed E-state index contributed by atoms with van der Waals surface area (Å²) in [6, 6.07) is 12.8. The lowest BCUT2D eigenvalue weighted by atomic mass is 10.2. The highest BCUT2D eigenvalue weighted by Gasteiger charge is 2.22. The second-order valence-corrected chi connectivity index (χ2v) is 7.23. The molecule has 154 valence electrons. The predicted molar refractivity (Wildman–Crippen MR) is 112 cm³/mol. The van der Waals surface area contributed by atoms with Crippen LogP contribution in [-0.4, -0.2) is 25.8 Å². The maximum absolute atomic E-state index is 13.3. The van der Waals surface area contributed by atoms with Gasteiger partial charge in [0.15, 0.2) is 11.2 Å². The van der Waals surface area contributed by atoms with E-state index in [1.807, 2.05) is 0 Å². The van der Waals surface area contributed by atoms with E-state index in [-0.39, 0.29) is 17.5 Å². The molecule has 0 spiro atoms. The largest absolute Gasteiger partial charge is 0.495 e. The molecule has 4 aromatic rings. The number of halogens is 1. The first-order valence-corrected chi connectivity index (χ1v) is 9.52. The Bertz CT molecular complexity index is 1330. The third-order valence-corrected chi connectivity index (χ3v) is 4.96. The number of para-hydroxylation sites is 2. The summed E-state index contributed by atoms with van der Waals surface area (Å²) in [5.74, 6) is 0.157. The van der Waals surface area contributed by atoms with E-state index in [1.165, 1.54) is 34.7 Å². The molecule has 0 radical (unpaired) electrons. The Morgan fingerprint density at radius 1 is 1.07 bits per heavy atom. The average Bonchev–Trinajstić information content (AvgIpc) is 3.13. The molecular weight excluding hydrogens is 387 g/mol. The normalized spacial score (nSPS) is 11.4. The quantitative estimate of drug-likeness (QED) is 0.509. The summed E-state index contributed by atoms with van der Waals surface area (Å²) < 4.78 is 23.0. The molecule has 4 rings (SSSR count). The molecule has 8 heteroatoms. The first kappa shape index (κ1) is 19.6. The van der Waals surface area contributed by atoms with Gasteiger partial charge in [0.1, 0.15) is 11.6 Å². The molecule has 0 aliphatic carbocycles. The van der Waals surface area contributed by atoms with Gasteiger partial charge in [-0.05, 0) is 43.7 Å². The Labute approximate surface area is 171 Å². The van der Waals surface area contributed by atoms with Crippen LogP contribution in [0.3, 0.4) is 0 Å². The Morgan fingerprint density at radius 2 is 1.77 bits per heavy atom. The van der Waals surface area contributed by atoms with Crippen LogP contribution in [0, 0.1) is 5.82 Å². The lowest BCUT2D eigenvalue weighted by Gasteiger charge is -2.16. The van der Waals surface area contributed by atoms with E-state index in [2.05, 4.69) is 4.98 Å². The topological polar surface area (TPSA) is 71.1 Å². The zero-order valence-corrected chi connectivity index (χ0v) is 16.9. The number of nitrogens with zero attached hydrogens (tertiary/aromatic N) is 4. The van der Waals surface area contributed by atoms with Gasteiger partial charge in [0, 0.05) is 12.6 Å². The van der Waals surface area contributed by atoms with E-state index in [0.29, 0.717) is 23.5 Å². The van der Waals surface area contributed by atoms with Gasteiger partial charge in [0.25, 0.3) is 5.56 Å². The van der Waals surface area contributed by atoms with Crippen molar-refractivity contribution in [2.75, 3.05) is 7.11 Å². The highest BCUT2D eigenvalue weighted by atomic mass is 19.1. The maximum Gasteiger partial charge on any atom is 0.337 e. The summed E-state index contributed by atoms with van der Waals surface area (Å²) in [5.41, 5.74) is 0.930. The number of aromatic nitrogens is 4. The van der Waals surface area contributed by atoms with Gasteiger partial charge >= 0.3 is 5.69 Å². The van der Waals surface area contributed by atoms with E-state index < -0.39 is 11.2 Å². The van der Waals surface area contributed by atoms with Crippen molar-refractivity contribution >= 4 is 11.2 Å². The Morgan fingerprint density at radius 3 is 2.43 bits per heavy atom. The molecule has 7 nitrogen and oxygen atoms in total. The van der Waals surface area contributed by atoms with Crippen molar-refractivity contribution in [2.45, 2.75) is 26.4 Å². The molecule has 0 aliphatic rings. The summed E-state index contributed by atoms with van der Waals surface area (Å²) >= 11 is 0. The second kappa shape index (κ2) is 7.62. The molecule has 0 bridgehead atoms. The van der Waals surface area contributed by atoms with Crippen LogP contribution in [0.4, 0.5) is 4.39 Å². The van der Waals surface area contributed by atoms with Gasteiger partial charge in [-0.3, -0.25) is 9.36 Å². The smallest absolute Gasteiger partial charge is 0.337 e. The minimum atomic E-state index is -0.487. The van der Waals surface area contributed by atoms with Crippen LogP contribution in [0.1, 0.15) is 25.5 Å². The number of rotatable bonds is 5. The lowest BCUT2D eigenvalue weighted by molar-refractivity contribution is 0.412. The van der Waals surface area contributed by atoms with Crippen molar-refractivity contribution in [3.63, 3.8) is 0 Å². The van der Waals surface area contributed by atoms with Gasteiger partial charge in [0.2, 0.25) is 0 Å². The van der Waals surface area contributed by atoms with Crippen molar-refractivity contribution in [1.82, 2.24) is 18.7 Å². The zero-order valence-electron chi connectivity index (χ0n) is 16.9. The van der Waals surface area contributed by atoms with Crippen molar-refractivity contribution in [2.24, 2.45) is 0 Å². The molecule has 2 aromatic heterocycles. The molecule has 0 saturated heterocycles. The molecule has 0 atom stereocenters. The van der Waals surface area contributed by atoms with Crippen molar-refractivity contribution in [1.29, 1.82) is 0 Å². The van der Waals surface area contributed by atoms with Gasteiger partial charge in [-0.2, -0.15) is 0 Å². The molecule has 0 aliphatic heterocycles. The van der Waals surface area contributed by atoms with E-state index in [1.54, 1.807) is 54.8 Å². The van der Waals surface area contributed by atoms with Crippen LogP contribution in [0.2, 0.25) is 0 Å². The summed E-state index contributed by atoms with van der Waals surface area (Å²) in [6.45, 7) is 3.87. The second-order valence-electron chi connectivity index (χ2n) is 7.23. The van der Waals surface area contributed by atoms with Gasteiger partial charge in [-0.1, -0.05) is 24.3 Å². The minimum absolute atomic E-state index is 0.244. The van der Waals surface area contributed by atoms with Crippen LogP contribution >= 0.6 is 0 Å². The van der Waals surface area contributed by atoms with E-state index in [0.717, 1.165) is 5.56 Å². The van der Waals surface area contributed by atoms with Crippen molar-refractivity contribution in [3.8, 4) is 11.4 Å². The van der Waals surface area contributed by atoms with Crippen molar-refractivity contribution < 1.29 is 9.13 Å². The average molecular weight is 408 g/mol. The molecule has 0 saturated carbocycles. The molecular formula is C22H21FN4O3.